The van der Waals surface area contributed by atoms with Gasteiger partial charge in [-0.05, 0) is 43.0 Å². The molecule has 1 N–H and O–H groups in total. The molecule has 0 saturated carbocycles. The highest BCUT2D eigenvalue weighted by Gasteiger charge is 2.12. The van der Waals surface area contributed by atoms with Crippen LogP contribution in [-0.2, 0) is 6.54 Å². The van der Waals surface area contributed by atoms with Crippen molar-refractivity contribution in [2.24, 2.45) is 0 Å². The van der Waals surface area contributed by atoms with Crippen molar-refractivity contribution in [2.75, 3.05) is 18.0 Å². The highest BCUT2D eigenvalue weighted by atomic mass is 19.1. The minimum Gasteiger partial charge on any atom is -0.357 e. The zero-order valence-electron chi connectivity index (χ0n) is 13.3. The number of piperidine rings is 1. The summed E-state index contributed by atoms with van der Waals surface area (Å²) in [6.07, 6.45) is 5.35. The second-order valence-corrected chi connectivity index (χ2v) is 5.91. The Morgan fingerprint density at radius 3 is 2.42 bits per heavy atom. The van der Waals surface area contributed by atoms with E-state index >= 15 is 0 Å². The first-order chi connectivity index (χ1) is 11.6. The number of rotatable bonds is 4. The number of amides is 1. The van der Waals surface area contributed by atoms with Crippen LogP contribution in [0.1, 0.15) is 35.2 Å². The summed E-state index contributed by atoms with van der Waals surface area (Å²) in [5.74, 6) is -1.12. The van der Waals surface area contributed by atoms with Crippen molar-refractivity contribution in [3.63, 3.8) is 0 Å². The van der Waals surface area contributed by atoms with Gasteiger partial charge < -0.3 is 10.2 Å². The summed E-state index contributed by atoms with van der Waals surface area (Å²) in [6.45, 7) is 2.30. The minimum atomic E-state index is -0.771. The van der Waals surface area contributed by atoms with Gasteiger partial charge in [0.05, 0.1) is 0 Å². The normalized spacial score (nSPS) is 14.5. The monoisotopic (exact) mass is 331 g/mol. The molecule has 0 unspecified atom stereocenters. The number of benzene rings is 1. The first-order valence-corrected chi connectivity index (χ1v) is 8.06. The summed E-state index contributed by atoms with van der Waals surface area (Å²) >= 11 is 0. The second-order valence-electron chi connectivity index (χ2n) is 5.91. The maximum absolute atomic E-state index is 13.1. The Morgan fingerprint density at radius 2 is 1.79 bits per heavy atom. The summed E-state index contributed by atoms with van der Waals surface area (Å²) in [6, 6.07) is 6.60. The Labute approximate surface area is 139 Å². The second kappa shape index (κ2) is 7.38. The maximum atomic E-state index is 13.1. The molecule has 0 bridgehead atoms. The molecule has 2 aromatic rings. The third-order valence-electron chi connectivity index (χ3n) is 4.07. The maximum Gasteiger partial charge on any atom is 0.251 e. The Bertz CT molecular complexity index is 692. The number of halogens is 2. The molecule has 4 nitrogen and oxygen atoms in total. The van der Waals surface area contributed by atoms with Gasteiger partial charge in [0.25, 0.3) is 5.91 Å². The third-order valence-corrected chi connectivity index (χ3v) is 4.07. The van der Waals surface area contributed by atoms with Crippen LogP contribution in [0.5, 0.6) is 0 Å². The van der Waals surface area contributed by atoms with E-state index < -0.39 is 17.5 Å². The molecule has 126 valence electrons. The summed E-state index contributed by atoms with van der Waals surface area (Å²) in [4.78, 5) is 18.7. The number of aromatic nitrogens is 1. The van der Waals surface area contributed by atoms with Gasteiger partial charge in [0.15, 0.2) is 0 Å². The van der Waals surface area contributed by atoms with Crippen molar-refractivity contribution in [1.29, 1.82) is 0 Å². The lowest BCUT2D eigenvalue weighted by atomic mass is 10.1. The molecule has 24 heavy (non-hydrogen) atoms. The van der Waals surface area contributed by atoms with E-state index in [1.54, 1.807) is 6.20 Å². The Morgan fingerprint density at radius 1 is 1.08 bits per heavy atom. The summed E-state index contributed by atoms with van der Waals surface area (Å²) in [7, 11) is 0. The predicted molar refractivity (Wildman–Crippen MR) is 87.8 cm³/mol. The fourth-order valence-electron chi connectivity index (χ4n) is 2.80. The smallest absolute Gasteiger partial charge is 0.251 e. The predicted octanol–water partition coefficient (Wildman–Crippen LogP) is 3.28. The van der Waals surface area contributed by atoms with E-state index in [2.05, 4.69) is 15.2 Å². The van der Waals surface area contributed by atoms with Gasteiger partial charge in [-0.15, -0.1) is 0 Å². The van der Waals surface area contributed by atoms with Gasteiger partial charge in [-0.1, -0.05) is 6.07 Å². The molecule has 1 saturated heterocycles. The fourth-order valence-corrected chi connectivity index (χ4v) is 2.80. The first kappa shape index (κ1) is 16.4. The van der Waals surface area contributed by atoms with Crippen molar-refractivity contribution in [3.05, 3.63) is 59.3 Å². The van der Waals surface area contributed by atoms with E-state index in [9.17, 15) is 13.6 Å². The number of carbonyl (C=O) groups is 1. The van der Waals surface area contributed by atoms with E-state index in [0.29, 0.717) is 0 Å². The average Bonchev–Trinajstić information content (AvgIpc) is 2.60. The Hall–Kier alpha value is -2.50. The number of nitrogens with zero attached hydrogens (tertiary/aromatic N) is 2. The number of carbonyl (C=O) groups excluding carboxylic acids is 1. The van der Waals surface area contributed by atoms with Crippen molar-refractivity contribution >= 4 is 11.7 Å². The number of pyridine rings is 1. The molecule has 0 spiro atoms. The van der Waals surface area contributed by atoms with Crippen LogP contribution in [0.15, 0.2) is 36.5 Å². The van der Waals surface area contributed by atoms with E-state index in [1.807, 2.05) is 12.1 Å². The topological polar surface area (TPSA) is 45.2 Å². The SMILES string of the molecule is O=C(NCc1ccc(N2CCCCC2)nc1)c1cc(F)cc(F)c1. The molecule has 3 rings (SSSR count). The van der Waals surface area contributed by atoms with Crippen LogP contribution in [0.4, 0.5) is 14.6 Å². The van der Waals surface area contributed by atoms with Gasteiger partial charge in [0.1, 0.15) is 17.5 Å². The summed E-state index contributed by atoms with van der Waals surface area (Å²) in [5.41, 5.74) is 0.798. The Kier molecular flexibility index (Phi) is 5.03. The number of nitrogens with one attached hydrogen (secondary N) is 1. The highest BCUT2D eigenvalue weighted by molar-refractivity contribution is 5.94. The molecule has 1 amide bonds. The fraction of sp³-hybridized carbons (Fsp3) is 0.333. The lowest BCUT2D eigenvalue weighted by molar-refractivity contribution is 0.0950. The van der Waals surface area contributed by atoms with Crippen LogP contribution in [-0.4, -0.2) is 24.0 Å². The molecule has 1 aromatic carbocycles. The minimum absolute atomic E-state index is 0.0367. The van der Waals surface area contributed by atoms with Crippen LogP contribution in [0, 0.1) is 11.6 Å². The largest absolute Gasteiger partial charge is 0.357 e. The number of hydrogen-bond donors (Lipinski definition) is 1. The molecule has 6 heteroatoms. The molecule has 0 aliphatic carbocycles. The van der Waals surface area contributed by atoms with Crippen molar-refractivity contribution in [1.82, 2.24) is 10.3 Å². The van der Waals surface area contributed by atoms with Gasteiger partial charge >= 0.3 is 0 Å². The highest BCUT2D eigenvalue weighted by Crippen LogP contribution is 2.17. The van der Waals surface area contributed by atoms with Crippen LogP contribution < -0.4 is 10.2 Å². The van der Waals surface area contributed by atoms with Gasteiger partial charge in [-0.3, -0.25) is 4.79 Å². The van der Waals surface area contributed by atoms with E-state index in [0.717, 1.165) is 42.7 Å². The molecule has 1 aromatic heterocycles. The van der Waals surface area contributed by atoms with Crippen molar-refractivity contribution < 1.29 is 13.6 Å². The Balaban J connectivity index is 1.59. The first-order valence-electron chi connectivity index (χ1n) is 8.06. The zero-order chi connectivity index (χ0) is 16.9. The lowest BCUT2D eigenvalue weighted by Gasteiger charge is -2.27. The lowest BCUT2D eigenvalue weighted by Crippen LogP contribution is -2.30. The molecule has 2 heterocycles. The molecule has 0 atom stereocenters. The van der Waals surface area contributed by atoms with Gasteiger partial charge in [-0.2, -0.15) is 0 Å². The standard InChI is InChI=1S/C18H19F2N3O/c19-15-8-14(9-16(20)10-15)18(24)22-12-13-4-5-17(21-11-13)23-6-2-1-3-7-23/h4-5,8-11H,1-3,6-7,12H2,(H,22,24). The number of anilines is 1. The zero-order valence-corrected chi connectivity index (χ0v) is 13.3. The van der Waals surface area contributed by atoms with Crippen LogP contribution in [0.3, 0.4) is 0 Å². The quantitative estimate of drug-likeness (QED) is 0.935. The van der Waals surface area contributed by atoms with Crippen LogP contribution in [0.25, 0.3) is 0 Å². The van der Waals surface area contributed by atoms with Gasteiger partial charge in [-0.25, -0.2) is 13.8 Å². The van der Waals surface area contributed by atoms with Gasteiger partial charge in [0, 0.05) is 37.5 Å². The molecular weight excluding hydrogens is 312 g/mol. The van der Waals surface area contributed by atoms with E-state index in [1.165, 1.54) is 19.3 Å². The third kappa shape index (κ3) is 4.07. The summed E-state index contributed by atoms with van der Waals surface area (Å²) in [5, 5.41) is 2.64. The van der Waals surface area contributed by atoms with Crippen LogP contribution in [0.2, 0.25) is 0 Å². The van der Waals surface area contributed by atoms with E-state index in [-0.39, 0.29) is 12.1 Å². The molecule has 1 aliphatic rings. The molecule has 1 aliphatic heterocycles. The van der Waals surface area contributed by atoms with E-state index in [4.69, 9.17) is 0 Å². The molecule has 1 fully saturated rings. The van der Waals surface area contributed by atoms with Crippen molar-refractivity contribution in [2.45, 2.75) is 25.8 Å². The van der Waals surface area contributed by atoms with Crippen LogP contribution >= 0.6 is 0 Å². The summed E-state index contributed by atoms with van der Waals surface area (Å²) < 4.78 is 26.3. The molecular formula is C18H19F2N3O. The molecule has 0 radical (unpaired) electrons. The van der Waals surface area contributed by atoms with Crippen molar-refractivity contribution in [3.8, 4) is 0 Å². The number of hydrogen-bond acceptors (Lipinski definition) is 3. The average molecular weight is 331 g/mol. The van der Waals surface area contributed by atoms with Gasteiger partial charge in [0.2, 0.25) is 0 Å².